The van der Waals surface area contributed by atoms with Crippen molar-refractivity contribution >= 4 is 13.8 Å². The summed E-state index contributed by atoms with van der Waals surface area (Å²) in [5.41, 5.74) is 0. The average molecular weight is 798 g/mol. The fourth-order valence-electron chi connectivity index (χ4n) is 6.14. The lowest BCUT2D eigenvalue weighted by atomic mass is 10.1. The number of unbranched alkanes of at least 4 members (excludes halogenated alkanes) is 22. The summed E-state index contributed by atoms with van der Waals surface area (Å²) < 4.78 is 34.5. The molecule has 0 saturated carbocycles. The number of quaternary nitrogens is 1. The van der Waals surface area contributed by atoms with Crippen LogP contribution in [-0.4, -0.2) is 70.7 Å². The van der Waals surface area contributed by atoms with Crippen molar-refractivity contribution in [3.63, 3.8) is 0 Å². The standard InChI is InChI=1S/C46H88NO7P/c1-6-8-10-12-14-16-18-19-20-21-22-23-24-25-26-27-28-29-30-31-33-35-37-39-46(48)54-45(44-53-55(49,50)52-42-40-47(3,4)5)43-51-41-38-36-34-32-17-15-13-11-9-7-2/h18-19,21-22,24-25,45H,6-17,20,23,26-44H2,1-5H3/b19-18-,22-21-,25-24-. The van der Waals surface area contributed by atoms with Gasteiger partial charge in [-0.15, -0.1) is 0 Å². The molecular weight excluding hydrogens is 709 g/mol. The molecule has 0 aromatic carbocycles. The third kappa shape index (κ3) is 43.7. The maximum absolute atomic E-state index is 12.7. The number of hydrogen-bond donors (Lipinski definition) is 0. The van der Waals surface area contributed by atoms with E-state index in [2.05, 4.69) is 50.3 Å². The van der Waals surface area contributed by atoms with E-state index in [4.69, 9.17) is 18.5 Å². The maximum atomic E-state index is 12.7. The van der Waals surface area contributed by atoms with Crippen molar-refractivity contribution in [1.29, 1.82) is 0 Å². The highest BCUT2D eigenvalue weighted by molar-refractivity contribution is 7.45. The summed E-state index contributed by atoms with van der Waals surface area (Å²) in [4.78, 5) is 25.0. The van der Waals surface area contributed by atoms with Crippen molar-refractivity contribution in [1.82, 2.24) is 0 Å². The molecule has 0 spiro atoms. The van der Waals surface area contributed by atoms with Gasteiger partial charge in [-0.2, -0.15) is 0 Å². The van der Waals surface area contributed by atoms with Crippen LogP contribution >= 0.6 is 7.82 Å². The minimum Gasteiger partial charge on any atom is -0.756 e. The second kappa shape index (κ2) is 39.5. The van der Waals surface area contributed by atoms with Crippen LogP contribution in [0.4, 0.5) is 0 Å². The van der Waals surface area contributed by atoms with Gasteiger partial charge in [0.25, 0.3) is 7.82 Å². The predicted octanol–water partition coefficient (Wildman–Crippen LogP) is 12.8. The van der Waals surface area contributed by atoms with E-state index in [0.29, 0.717) is 24.1 Å². The maximum Gasteiger partial charge on any atom is 0.306 e. The summed E-state index contributed by atoms with van der Waals surface area (Å²) >= 11 is 0. The number of hydrogen-bond acceptors (Lipinski definition) is 7. The van der Waals surface area contributed by atoms with Gasteiger partial charge in [0, 0.05) is 13.0 Å². The van der Waals surface area contributed by atoms with E-state index < -0.39 is 13.9 Å². The molecule has 9 heteroatoms. The number of allylic oxidation sites excluding steroid dienone is 6. The Morgan fingerprint density at radius 2 is 1.00 bits per heavy atom. The minimum atomic E-state index is -4.52. The van der Waals surface area contributed by atoms with E-state index in [0.717, 1.165) is 51.4 Å². The molecule has 0 heterocycles. The zero-order valence-corrected chi connectivity index (χ0v) is 37.5. The van der Waals surface area contributed by atoms with E-state index >= 15 is 0 Å². The van der Waals surface area contributed by atoms with Crippen molar-refractivity contribution in [3.8, 4) is 0 Å². The van der Waals surface area contributed by atoms with Crippen molar-refractivity contribution in [2.24, 2.45) is 0 Å². The van der Waals surface area contributed by atoms with E-state index in [1.54, 1.807) is 0 Å². The summed E-state index contributed by atoms with van der Waals surface area (Å²) in [5, 5.41) is 0. The molecule has 2 atom stereocenters. The molecule has 55 heavy (non-hydrogen) atoms. The fourth-order valence-corrected chi connectivity index (χ4v) is 6.87. The Morgan fingerprint density at radius 1 is 0.564 bits per heavy atom. The van der Waals surface area contributed by atoms with Gasteiger partial charge in [-0.1, -0.05) is 172 Å². The molecule has 0 rings (SSSR count). The first-order valence-corrected chi connectivity index (χ1v) is 24.2. The Balaban J connectivity index is 4.14. The summed E-state index contributed by atoms with van der Waals surface area (Å²) in [6.45, 7) is 5.39. The minimum absolute atomic E-state index is 0.0251. The monoisotopic (exact) mass is 798 g/mol. The van der Waals surface area contributed by atoms with Gasteiger partial charge in [-0.3, -0.25) is 9.36 Å². The lowest BCUT2D eigenvalue weighted by molar-refractivity contribution is -0.870. The number of phosphoric acid groups is 1. The normalized spacial score (nSPS) is 14.1. The Morgan fingerprint density at radius 3 is 1.49 bits per heavy atom. The van der Waals surface area contributed by atoms with Gasteiger partial charge < -0.3 is 27.9 Å². The summed E-state index contributed by atoms with van der Waals surface area (Å²) in [6.07, 6.45) is 45.8. The van der Waals surface area contributed by atoms with Gasteiger partial charge in [0.2, 0.25) is 0 Å². The number of ether oxygens (including phenoxy) is 2. The molecule has 0 aliphatic rings. The molecule has 0 amide bonds. The van der Waals surface area contributed by atoms with Crippen LogP contribution in [0.3, 0.4) is 0 Å². The first kappa shape index (κ1) is 53.7. The number of esters is 1. The van der Waals surface area contributed by atoms with Crippen molar-refractivity contribution in [2.45, 2.75) is 200 Å². The number of nitrogens with zero attached hydrogens (tertiary/aromatic N) is 1. The highest BCUT2D eigenvalue weighted by Gasteiger charge is 2.20. The van der Waals surface area contributed by atoms with Gasteiger partial charge in [0.1, 0.15) is 19.3 Å². The van der Waals surface area contributed by atoms with Gasteiger partial charge in [-0.25, -0.2) is 0 Å². The second-order valence-corrected chi connectivity index (χ2v) is 17.8. The lowest BCUT2D eigenvalue weighted by Gasteiger charge is -2.28. The lowest BCUT2D eigenvalue weighted by Crippen LogP contribution is -2.37. The van der Waals surface area contributed by atoms with Crippen molar-refractivity contribution < 1.29 is 37.3 Å². The molecular formula is C46H88NO7P. The van der Waals surface area contributed by atoms with Crippen LogP contribution < -0.4 is 4.89 Å². The number of carbonyl (C=O) groups is 1. The molecule has 324 valence electrons. The third-order valence-electron chi connectivity index (χ3n) is 9.69. The first-order chi connectivity index (χ1) is 26.6. The smallest absolute Gasteiger partial charge is 0.306 e. The van der Waals surface area contributed by atoms with Crippen LogP contribution in [-0.2, 0) is 27.9 Å². The van der Waals surface area contributed by atoms with Crippen LogP contribution in [0, 0.1) is 0 Å². The molecule has 0 aromatic heterocycles. The topological polar surface area (TPSA) is 94.1 Å². The third-order valence-corrected chi connectivity index (χ3v) is 10.7. The van der Waals surface area contributed by atoms with Crippen molar-refractivity contribution in [2.75, 3.05) is 54.1 Å². The number of carbonyl (C=O) groups excluding carboxylic acids is 1. The highest BCUT2D eigenvalue weighted by atomic mass is 31.2. The molecule has 0 aliphatic heterocycles. The fraction of sp³-hybridized carbons (Fsp3) is 0.848. The zero-order chi connectivity index (χ0) is 40.6. The van der Waals surface area contributed by atoms with Crippen molar-refractivity contribution in [3.05, 3.63) is 36.5 Å². The van der Waals surface area contributed by atoms with Crippen LogP contribution in [0.25, 0.3) is 0 Å². The highest BCUT2D eigenvalue weighted by Crippen LogP contribution is 2.38. The molecule has 8 nitrogen and oxygen atoms in total. The number of likely N-dealkylation sites (N-methyl/N-ethyl adjacent to an activating group) is 1. The zero-order valence-electron chi connectivity index (χ0n) is 36.6. The Bertz CT molecular complexity index is 978. The van der Waals surface area contributed by atoms with E-state index in [1.165, 1.54) is 122 Å². The molecule has 0 radical (unpaired) electrons. The molecule has 0 aliphatic carbocycles. The summed E-state index contributed by atoms with van der Waals surface area (Å²) in [6, 6.07) is 0. The van der Waals surface area contributed by atoms with Crippen LogP contribution in [0.5, 0.6) is 0 Å². The van der Waals surface area contributed by atoms with Crippen LogP contribution in [0.2, 0.25) is 0 Å². The van der Waals surface area contributed by atoms with Crippen LogP contribution in [0.15, 0.2) is 36.5 Å². The second-order valence-electron chi connectivity index (χ2n) is 16.4. The summed E-state index contributed by atoms with van der Waals surface area (Å²) in [5.74, 6) is -0.341. The van der Waals surface area contributed by atoms with Gasteiger partial charge >= 0.3 is 5.97 Å². The summed E-state index contributed by atoms with van der Waals surface area (Å²) in [7, 11) is 1.35. The number of rotatable bonds is 42. The van der Waals surface area contributed by atoms with E-state index in [9.17, 15) is 14.3 Å². The number of phosphoric ester groups is 1. The molecule has 2 unspecified atom stereocenters. The molecule has 0 N–H and O–H groups in total. The SMILES string of the molecule is CCCCCCC/C=C\C/C=C\C/C=C\CCCCCCCCCCC(=O)OC(COCCCCCCCCCCCC)COP(=O)([O-])OCC[N+](C)(C)C. The van der Waals surface area contributed by atoms with E-state index in [-0.39, 0.29) is 25.8 Å². The largest absolute Gasteiger partial charge is 0.756 e. The predicted molar refractivity (Wildman–Crippen MR) is 231 cm³/mol. The average Bonchev–Trinajstić information content (AvgIpc) is 3.13. The van der Waals surface area contributed by atoms with E-state index in [1.807, 2.05) is 21.1 Å². The quantitative estimate of drug-likeness (QED) is 0.0200. The van der Waals surface area contributed by atoms with Gasteiger partial charge in [0.05, 0.1) is 34.4 Å². The van der Waals surface area contributed by atoms with Gasteiger partial charge in [-0.05, 0) is 51.4 Å². The Kier molecular flexibility index (Phi) is 38.6. The first-order valence-electron chi connectivity index (χ1n) is 22.7. The van der Waals surface area contributed by atoms with Crippen LogP contribution in [0.1, 0.15) is 194 Å². The molecule has 0 fully saturated rings. The van der Waals surface area contributed by atoms with Gasteiger partial charge in [0.15, 0.2) is 0 Å². The molecule has 0 saturated heterocycles. The Hall–Kier alpha value is -1.28. The molecule has 0 bridgehead atoms. The Labute approximate surface area is 340 Å². The molecule has 0 aromatic rings.